The van der Waals surface area contributed by atoms with Crippen LogP contribution in [0, 0.1) is 0 Å². The second-order valence-electron chi connectivity index (χ2n) is 8.72. The van der Waals surface area contributed by atoms with Crippen LogP contribution >= 0.6 is 0 Å². The Labute approximate surface area is 163 Å². The lowest BCUT2D eigenvalue weighted by molar-refractivity contribution is 0.332. The van der Waals surface area contributed by atoms with E-state index in [0.29, 0.717) is 5.92 Å². The van der Waals surface area contributed by atoms with E-state index in [0.717, 1.165) is 80.0 Å². The Morgan fingerprint density at radius 3 is 2.86 bits per heavy atom. The molecule has 0 bridgehead atoms. The lowest BCUT2D eigenvalue weighted by atomic mass is 9.77. The monoisotopic (exact) mass is 372 g/mol. The number of hydrogen-bond donors (Lipinski definition) is 1. The largest absolute Gasteiger partial charge is 0.356 e. The van der Waals surface area contributed by atoms with Crippen molar-refractivity contribution in [1.82, 2.24) is 15.0 Å². The van der Waals surface area contributed by atoms with Gasteiger partial charge in [0.15, 0.2) is 0 Å². The lowest BCUT2D eigenvalue weighted by Gasteiger charge is -2.41. The molecule has 5 nitrogen and oxygen atoms in total. The standard InChI is InChI=1S/C23H24N4O/c28-22-17-10-12-23(20(17)25-21(26-22)16-6-7-16)11-3-13-27(14-23)19-9-8-15-4-1-2-5-18(15)24-19/h1-2,4-5,8-9,16H,3,6-7,10-14H2,(H,25,26,28). The highest BCUT2D eigenvalue weighted by Crippen LogP contribution is 2.45. The second kappa shape index (κ2) is 5.90. The third kappa shape index (κ3) is 2.49. The zero-order valence-electron chi connectivity index (χ0n) is 15.9. The van der Waals surface area contributed by atoms with Crippen LogP contribution in [0.1, 0.15) is 55.1 Å². The molecule has 1 atom stereocenters. The number of para-hydroxylation sites is 1. The fraction of sp³-hybridized carbons (Fsp3) is 0.435. The first-order valence-corrected chi connectivity index (χ1v) is 10.5. The minimum atomic E-state index is -0.00118. The molecule has 1 saturated heterocycles. The molecule has 3 heterocycles. The zero-order chi connectivity index (χ0) is 18.7. The van der Waals surface area contributed by atoms with Gasteiger partial charge in [0, 0.05) is 35.4 Å². The van der Waals surface area contributed by atoms with E-state index in [-0.39, 0.29) is 11.0 Å². The third-order valence-electron chi connectivity index (χ3n) is 6.84. The summed E-state index contributed by atoms with van der Waals surface area (Å²) in [5.74, 6) is 2.43. The van der Waals surface area contributed by atoms with E-state index >= 15 is 0 Å². The van der Waals surface area contributed by atoms with Gasteiger partial charge >= 0.3 is 0 Å². The maximum absolute atomic E-state index is 12.7. The van der Waals surface area contributed by atoms with Crippen LogP contribution in [0.15, 0.2) is 41.2 Å². The number of anilines is 1. The smallest absolute Gasteiger partial charge is 0.254 e. The minimum absolute atomic E-state index is 0.00118. The number of fused-ring (bicyclic) bond motifs is 3. The van der Waals surface area contributed by atoms with Crippen LogP contribution in [0.2, 0.25) is 0 Å². The molecule has 5 heteroatoms. The summed E-state index contributed by atoms with van der Waals surface area (Å²) in [6.07, 6.45) is 6.41. The molecule has 2 fully saturated rings. The Bertz CT molecular complexity index is 1130. The Morgan fingerprint density at radius 2 is 1.96 bits per heavy atom. The highest BCUT2D eigenvalue weighted by atomic mass is 16.1. The van der Waals surface area contributed by atoms with Gasteiger partial charge < -0.3 is 9.88 Å². The van der Waals surface area contributed by atoms with Crippen LogP contribution in [0.25, 0.3) is 10.9 Å². The van der Waals surface area contributed by atoms with Crippen LogP contribution in [-0.2, 0) is 11.8 Å². The molecule has 6 rings (SSSR count). The van der Waals surface area contributed by atoms with Gasteiger partial charge in [-0.1, -0.05) is 18.2 Å². The molecule has 1 saturated carbocycles. The van der Waals surface area contributed by atoms with E-state index in [1.165, 1.54) is 5.39 Å². The van der Waals surface area contributed by atoms with Gasteiger partial charge in [0.05, 0.1) is 11.2 Å². The number of piperidine rings is 1. The summed E-state index contributed by atoms with van der Waals surface area (Å²) in [7, 11) is 0. The van der Waals surface area contributed by atoms with Gasteiger partial charge in [-0.15, -0.1) is 0 Å². The molecule has 0 amide bonds. The molecule has 1 aliphatic heterocycles. The van der Waals surface area contributed by atoms with E-state index < -0.39 is 0 Å². The average molecular weight is 372 g/mol. The summed E-state index contributed by atoms with van der Waals surface area (Å²) in [6, 6.07) is 12.6. The maximum Gasteiger partial charge on any atom is 0.254 e. The molecule has 3 aromatic rings. The number of rotatable bonds is 2. The Kier molecular flexibility index (Phi) is 3.43. The van der Waals surface area contributed by atoms with E-state index in [1.807, 2.05) is 6.07 Å². The Morgan fingerprint density at radius 1 is 1.07 bits per heavy atom. The molecule has 2 aromatic heterocycles. The van der Waals surface area contributed by atoms with Gasteiger partial charge in [0.2, 0.25) is 0 Å². The average Bonchev–Trinajstić information content (AvgIpc) is 3.52. The van der Waals surface area contributed by atoms with Crippen LogP contribution in [0.5, 0.6) is 0 Å². The van der Waals surface area contributed by atoms with Crippen molar-refractivity contribution in [1.29, 1.82) is 0 Å². The molecule has 3 aliphatic rings. The second-order valence-corrected chi connectivity index (χ2v) is 8.72. The summed E-state index contributed by atoms with van der Waals surface area (Å²) in [5, 5.41) is 1.17. The summed E-state index contributed by atoms with van der Waals surface area (Å²) < 4.78 is 0. The van der Waals surface area contributed by atoms with Crippen molar-refractivity contribution in [2.75, 3.05) is 18.0 Å². The number of pyridine rings is 1. The molecule has 1 spiro atoms. The van der Waals surface area contributed by atoms with Crippen molar-refractivity contribution in [2.45, 2.75) is 49.9 Å². The summed E-state index contributed by atoms with van der Waals surface area (Å²) >= 11 is 0. The molecular formula is C23H24N4O. The predicted molar refractivity (Wildman–Crippen MR) is 110 cm³/mol. The van der Waals surface area contributed by atoms with Crippen LogP contribution in [-0.4, -0.2) is 28.0 Å². The minimum Gasteiger partial charge on any atom is -0.356 e. The van der Waals surface area contributed by atoms with E-state index in [9.17, 15) is 4.79 Å². The zero-order valence-corrected chi connectivity index (χ0v) is 15.9. The highest BCUT2D eigenvalue weighted by Gasteiger charge is 2.45. The van der Waals surface area contributed by atoms with E-state index in [4.69, 9.17) is 9.97 Å². The fourth-order valence-corrected chi connectivity index (χ4v) is 5.17. The number of aromatic amines is 1. The normalized spacial score (nSPS) is 24.1. The topological polar surface area (TPSA) is 61.9 Å². The quantitative estimate of drug-likeness (QED) is 0.745. The van der Waals surface area contributed by atoms with Crippen molar-refractivity contribution in [2.24, 2.45) is 0 Å². The molecule has 0 radical (unpaired) electrons. The Balaban J connectivity index is 1.39. The molecule has 1 unspecified atom stereocenters. The maximum atomic E-state index is 12.7. The molecule has 2 aliphatic carbocycles. The number of aromatic nitrogens is 3. The number of benzene rings is 1. The van der Waals surface area contributed by atoms with Crippen LogP contribution < -0.4 is 10.5 Å². The summed E-state index contributed by atoms with van der Waals surface area (Å²) in [4.78, 5) is 28.1. The van der Waals surface area contributed by atoms with Crippen LogP contribution in [0.3, 0.4) is 0 Å². The van der Waals surface area contributed by atoms with Gasteiger partial charge in [0.25, 0.3) is 5.56 Å². The van der Waals surface area contributed by atoms with Crippen molar-refractivity contribution in [3.63, 3.8) is 0 Å². The van der Waals surface area contributed by atoms with E-state index in [2.05, 4.69) is 40.2 Å². The van der Waals surface area contributed by atoms with Crippen molar-refractivity contribution in [3.05, 3.63) is 63.8 Å². The summed E-state index contributed by atoms with van der Waals surface area (Å²) in [5.41, 5.74) is 3.15. The van der Waals surface area contributed by atoms with Gasteiger partial charge in [0.1, 0.15) is 11.6 Å². The van der Waals surface area contributed by atoms with Crippen molar-refractivity contribution in [3.8, 4) is 0 Å². The molecule has 28 heavy (non-hydrogen) atoms. The number of nitrogens with one attached hydrogen (secondary N) is 1. The Hall–Kier alpha value is -2.69. The lowest BCUT2D eigenvalue weighted by Crippen LogP contribution is -2.46. The fourth-order valence-electron chi connectivity index (χ4n) is 5.17. The van der Waals surface area contributed by atoms with E-state index in [1.54, 1.807) is 0 Å². The first kappa shape index (κ1) is 16.3. The summed E-state index contributed by atoms with van der Waals surface area (Å²) in [6.45, 7) is 1.92. The molecule has 142 valence electrons. The predicted octanol–water partition coefficient (Wildman–Crippen LogP) is 3.68. The molecule has 1 N–H and O–H groups in total. The number of H-pyrrole nitrogens is 1. The van der Waals surface area contributed by atoms with Gasteiger partial charge in [-0.25, -0.2) is 9.97 Å². The molecular weight excluding hydrogens is 348 g/mol. The first-order chi connectivity index (χ1) is 13.7. The van der Waals surface area contributed by atoms with Gasteiger partial charge in [-0.2, -0.15) is 0 Å². The highest BCUT2D eigenvalue weighted by molar-refractivity contribution is 5.80. The SMILES string of the molecule is O=c1[nH]c(C2CC2)nc2c1CCC21CCCN(c2ccc3ccccc3n2)C1. The number of hydrogen-bond acceptors (Lipinski definition) is 4. The van der Waals surface area contributed by atoms with Gasteiger partial charge in [-0.05, 0) is 56.7 Å². The third-order valence-corrected chi connectivity index (χ3v) is 6.84. The molecule has 1 aromatic carbocycles. The van der Waals surface area contributed by atoms with Gasteiger partial charge in [-0.3, -0.25) is 4.79 Å². The van der Waals surface area contributed by atoms with Crippen molar-refractivity contribution < 1.29 is 0 Å². The first-order valence-electron chi connectivity index (χ1n) is 10.5. The van der Waals surface area contributed by atoms with Crippen LogP contribution in [0.4, 0.5) is 5.82 Å². The van der Waals surface area contributed by atoms with Crippen molar-refractivity contribution >= 4 is 16.7 Å². The number of nitrogens with zero attached hydrogens (tertiary/aromatic N) is 3.